The number of rotatable bonds is 5. The monoisotopic (exact) mass is 419 g/mol. The van der Waals surface area contributed by atoms with Crippen LogP contribution in [0.5, 0.6) is 5.75 Å². The predicted molar refractivity (Wildman–Crippen MR) is 118 cm³/mol. The van der Waals surface area contributed by atoms with Gasteiger partial charge in [-0.15, -0.1) is 24.8 Å². The molecule has 7 heteroatoms. The Balaban J connectivity index is 0.00000140. The van der Waals surface area contributed by atoms with Crippen molar-refractivity contribution < 1.29 is 9.53 Å². The highest BCUT2D eigenvalue weighted by Crippen LogP contribution is 2.40. The minimum Gasteiger partial charge on any atom is -0.497 e. The van der Waals surface area contributed by atoms with E-state index in [9.17, 15) is 4.79 Å². The Bertz CT molecular complexity index is 968. The minimum absolute atomic E-state index is 0. The Hall–Kier alpha value is -2.34. The number of ketones is 1. The van der Waals surface area contributed by atoms with Crippen molar-refractivity contribution in [3.63, 3.8) is 0 Å². The highest BCUT2D eigenvalue weighted by Gasteiger charge is 2.36. The van der Waals surface area contributed by atoms with Crippen LogP contribution in [0, 0.1) is 0 Å². The molecule has 1 N–H and O–H groups in total. The SMILES string of the molecule is COc1ccc2c(c1)C(=O)C1=C(NCCN(C)C)c3ccccc3C1=N2.Cl.Cl. The summed E-state index contributed by atoms with van der Waals surface area (Å²) in [7, 11) is 5.66. The smallest absolute Gasteiger partial charge is 0.199 e. The first kappa shape index (κ1) is 22.0. The summed E-state index contributed by atoms with van der Waals surface area (Å²) in [6.45, 7) is 1.63. The van der Waals surface area contributed by atoms with Crippen molar-refractivity contribution in [1.82, 2.24) is 10.2 Å². The molecule has 1 heterocycles. The fourth-order valence-corrected chi connectivity index (χ4v) is 3.40. The van der Waals surface area contributed by atoms with E-state index in [2.05, 4.69) is 10.2 Å². The number of methoxy groups -OCH3 is 1. The van der Waals surface area contributed by atoms with Crippen LogP contribution in [-0.2, 0) is 0 Å². The van der Waals surface area contributed by atoms with Gasteiger partial charge in [-0.05, 0) is 32.3 Å². The van der Waals surface area contributed by atoms with E-state index in [1.165, 1.54) is 0 Å². The molecule has 0 amide bonds. The maximum Gasteiger partial charge on any atom is 0.199 e. The van der Waals surface area contributed by atoms with E-state index >= 15 is 0 Å². The maximum absolute atomic E-state index is 13.3. The van der Waals surface area contributed by atoms with E-state index in [1.54, 1.807) is 13.2 Å². The van der Waals surface area contributed by atoms with Crippen LogP contribution in [0.2, 0.25) is 0 Å². The average Bonchev–Trinajstić information content (AvgIpc) is 2.96. The first-order chi connectivity index (χ1) is 12.6. The van der Waals surface area contributed by atoms with Gasteiger partial charge in [0.25, 0.3) is 0 Å². The van der Waals surface area contributed by atoms with Crippen molar-refractivity contribution in [3.05, 3.63) is 64.7 Å². The number of aliphatic imine (C=N–C) groups is 1. The summed E-state index contributed by atoms with van der Waals surface area (Å²) < 4.78 is 5.28. The van der Waals surface area contributed by atoms with E-state index in [0.717, 1.165) is 35.6 Å². The first-order valence-corrected chi connectivity index (χ1v) is 8.64. The number of ether oxygens (including phenoxy) is 1. The maximum atomic E-state index is 13.3. The standard InChI is InChI=1S/C21H21N3O2.2ClH/c1-24(2)11-10-22-19-14-6-4-5-7-15(14)20-18(19)21(25)16-12-13(26-3)8-9-17(16)23-20;;/h4-9,12,22H,10-11H2,1-3H3;2*1H. The molecule has 2 aliphatic rings. The van der Waals surface area contributed by atoms with Gasteiger partial charge in [0.1, 0.15) is 5.75 Å². The average molecular weight is 420 g/mol. The van der Waals surface area contributed by atoms with Gasteiger partial charge in [0.2, 0.25) is 0 Å². The fourth-order valence-electron chi connectivity index (χ4n) is 3.40. The molecule has 0 fully saturated rings. The molecule has 4 rings (SSSR count). The van der Waals surface area contributed by atoms with Crippen molar-refractivity contribution in [2.45, 2.75) is 0 Å². The number of likely N-dealkylation sites (N-methyl/N-ethyl adjacent to an activating group) is 1. The molecule has 2 aromatic rings. The molecule has 0 aromatic heterocycles. The topological polar surface area (TPSA) is 53.9 Å². The van der Waals surface area contributed by atoms with Gasteiger partial charge in [0.05, 0.1) is 35.3 Å². The number of hydrogen-bond donors (Lipinski definition) is 1. The molecule has 0 radical (unpaired) electrons. The van der Waals surface area contributed by atoms with Crippen LogP contribution < -0.4 is 10.1 Å². The van der Waals surface area contributed by atoms with Crippen LogP contribution >= 0.6 is 24.8 Å². The number of hydrogen-bond acceptors (Lipinski definition) is 5. The third-order valence-electron chi connectivity index (χ3n) is 4.71. The summed E-state index contributed by atoms with van der Waals surface area (Å²) in [5, 5.41) is 3.46. The van der Waals surface area contributed by atoms with Crippen molar-refractivity contribution in [3.8, 4) is 5.75 Å². The number of Topliss-reactive ketones (excluding diaryl/α,β-unsaturated/α-hetero) is 1. The lowest BCUT2D eigenvalue weighted by Crippen LogP contribution is -2.27. The van der Waals surface area contributed by atoms with E-state index in [1.807, 2.05) is 50.5 Å². The van der Waals surface area contributed by atoms with Crippen LogP contribution in [0.15, 0.2) is 53.0 Å². The molecule has 1 aliphatic carbocycles. The minimum atomic E-state index is -0.00699. The molecule has 0 saturated carbocycles. The third kappa shape index (κ3) is 3.65. The fraction of sp³-hybridized carbons (Fsp3) is 0.238. The zero-order valence-corrected chi connectivity index (χ0v) is 17.6. The molecule has 1 aliphatic heterocycles. The van der Waals surface area contributed by atoms with Gasteiger partial charge in [-0.25, -0.2) is 4.99 Å². The highest BCUT2D eigenvalue weighted by atomic mass is 35.5. The Labute approximate surface area is 177 Å². The van der Waals surface area contributed by atoms with Crippen molar-refractivity contribution in [2.24, 2.45) is 4.99 Å². The van der Waals surface area contributed by atoms with Crippen LogP contribution in [0.25, 0.3) is 5.70 Å². The van der Waals surface area contributed by atoms with Gasteiger partial charge in [-0.1, -0.05) is 24.3 Å². The lowest BCUT2D eigenvalue weighted by molar-refractivity contribution is 0.104. The molecule has 5 nitrogen and oxygen atoms in total. The second-order valence-electron chi connectivity index (χ2n) is 6.70. The van der Waals surface area contributed by atoms with Gasteiger partial charge in [0.15, 0.2) is 5.78 Å². The second-order valence-corrected chi connectivity index (χ2v) is 6.70. The zero-order chi connectivity index (χ0) is 18.3. The zero-order valence-electron chi connectivity index (χ0n) is 16.0. The largest absolute Gasteiger partial charge is 0.497 e. The first-order valence-electron chi connectivity index (χ1n) is 8.64. The molecule has 0 saturated heterocycles. The Morgan fingerprint density at radius 3 is 2.43 bits per heavy atom. The van der Waals surface area contributed by atoms with Crippen molar-refractivity contribution in [2.75, 3.05) is 34.3 Å². The summed E-state index contributed by atoms with van der Waals surface area (Å²) in [5.74, 6) is 0.654. The summed E-state index contributed by atoms with van der Waals surface area (Å²) >= 11 is 0. The molecule has 28 heavy (non-hydrogen) atoms. The Morgan fingerprint density at radius 1 is 1.04 bits per heavy atom. The number of fused-ring (bicyclic) bond motifs is 4. The summed E-state index contributed by atoms with van der Waals surface area (Å²) in [4.78, 5) is 20.2. The number of nitrogens with zero attached hydrogens (tertiary/aromatic N) is 2. The molecule has 0 spiro atoms. The quantitative estimate of drug-likeness (QED) is 0.801. The third-order valence-corrected chi connectivity index (χ3v) is 4.71. The number of carbonyl (C=O) groups is 1. The van der Waals surface area contributed by atoms with Gasteiger partial charge < -0.3 is 15.0 Å². The number of nitrogens with one attached hydrogen (secondary N) is 1. The van der Waals surface area contributed by atoms with Gasteiger partial charge >= 0.3 is 0 Å². The summed E-state index contributed by atoms with van der Waals surface area (Å²) in [6.07, 6.45) is 0. The van der Waals surface area contributed by atoms with E-state index in [-0.39, 0.29) is 30.6 Å². The predicted octanol–water partition coefficient (Wildman–Crippen LogP) is 3.73. The lowest BCUT2D eigenvalue weighted by Gasteiger charge is -2.17. The van der Waals surface area contributed by atoms with Crippen molar-refractivity contribution in [1.29, 1.82) is 0 Å². The Morgan fingerprint density at radius 2 is 1.75 bits per heavy atom. The summed E-state index contributed by atoms with van der Waals surface area (Å²) in [5.41, 5.74) is 5.61. The van der Waals surface area contributed by atoms with Gasteiger partial charge in [0, 0.05) is 24.2 Å². The lowest BCUT2D eigenvalue weighted by atomic mass is 9.94. The number of carbonyl (C=O) groups excluding carboxylic acids is 1. The van der Waals surface area contributed by atoms with E-state index in [0.29, 0.717) is 22.6 Å². The number of benzene rings is 2. The van der Waals surface area contributed by atoms with Crippen LogP contribution in [0.1, 0.15) is 21.5 Å². The van der Waals surface area contributed by atoms with Gasteiger partial charge in [-0.3, -0.25) is 4.79 Å². The molecule has 0 bridgehead atoms. The van der Waals surface area contributed by atoms with E-state index in [4.69, 9.17) is 9.73 Å². The van der Waals surface area contributed by atoms with Crippen molar-refractivity contribution >= 4 is 47.7 Å². The van der Waals surface area contributed by atoms with Crippen LogP contribution in [-0.4, -0.2) is 50.7 Å². The molecular formula is C21H23Cl2N3O2. The van der Waals surface area contributed by atoms with Crippen LogP contribution in [0.3, 0.4) is 0 Å². The second kappa shape index (κ2) is 8.78. The van der Waals surface area contributed by atoms with Crippen LogP contribution in [0.4, 0.5) is 5.69 Å². The molecule has 0 atom stereocenters. The number of allylic oxidation sites excluding steroid dienone is 1. The molecular weight excluding hydrogens is 397 g/mol. The number of halogens is 2. The summed E-state index contributed by atoms with van der Waals surface area (Å²) in [6, 6.07) is 13.5. The molecule has 2 aromatic carbocycles. The molecule has 0 unspecified atom stereocenters. The molecule has 148 valence electrons. The van der Waals surface area contributed by atoms with E-state index < -0.39 is 0 Å². The van der Waals surface area contributed by atoms with Gasteiger partial charge in [-0.2, -0.15) is 0 Å². The Kier molecular flexibility index (Phi) is 6.88. The normalized spacial score (nSPS) is 13.7. The highest BCUT2D eigenvalue weighted by molar-refractivity contribution is 6.42.